The van der Waals surface area contributed by atoms with Gasteiger partial charge in [0.2, 0.25) is 5.91 Å². The van der Waals surface area contributed by atoms with Crippen molar-refractivity contribution in [2.24, 2.45) is 5.73 Å². The van der Waals surface area contributed by atoms with E-state index in [0.29, 0.717) is 23.0 Å². The summed E-state index contributed by atoms with van der Waals surface area (Å²) in [6.07, 6.45) is -1.97. The SMILES string of the molecule is C[C@H](N)C(=O)Nc1nc(C2CC2)c(Cc2cccc(C(F)(F)F)c2)s1.Cl. The number of nitrogens with one attached hydrogen (secondary N) is 1. The van der Waals surface area contributed by atoms with E-state index in [-0.39, 0.29) is 18.3 Å². The van der Waals surface area contributed by atoms with Crippen LogP contribution in [0.15, 0.2) is 24.3 Å². The van der Waals surface area contributed by atoms with E-state index in [1.165, 1.54) is 17.4 Å². The molecule has 4 nitrogen and oxygen atoms in total. The molecule has 0 bridgehead atoms. The number of carbonyl (C=O) groups excluding carboxylic acids is 1. The van der Waals surface area contributed by atoms with Crippen LogP contribution in [0.25, 0.3) is 0 Å². The van der Waals surface area contributed by atoms with E-state index in [0.717, 1.165) is 35.5 Å². The highest BCUT2D eigenvalue weighted by Gasteiger charge is 2.32. The number of anilines is 1. The first-order valence-corrected chi connectivity index (χ1v) is 8.78. The minimum absolute atomic E-state index is 0. The predicted molar refractivity (Wildman–Crippen MR) is 97.9 cm³/mol. The summed E-state index contributed by atoms with van der Waals surface area (Å²) in [5.41, 5.74) is 6.33. The highest BCUT2D eigenvalue weighted by atomic mass is 35.5. The Hall–Kier alpha value is -1.64. The fourth-order valence-electron chi connectivity index (χ4n) is 2.48. The molecule has 1 amide bonds. The Bertz CT molecular complexity index is 788. The third-order valence-corrected chi connectivity index (χ3v) is 4.94. The first kappa shape index (κ1) is 20.7. The van der Waals surface area contributed by atoms with Crippen molar-refractivity contribution in [1.82, 2.24) is 4.98 Å². The second-order valence-electron chi connectivity index (χ2n) is 6.25. The van der Waals surface area contributed by atoms with Crippen LogP contribution in [0.1, 0.15) is 47.4 Å². The van der Waals surface area contributed by atoms with Crippen molar-refractivity contribution in [3.63, 3.8) is 0 Å². The third-order valence-electron chi connectivity index (χ3n) is 3.95. The van der Waals surface area contributed by atoms with Crippen molar-refractivity contribution in [2.45, 2.75) is 44.3 Å². The van der Waals surface area contributed by atoms with E-state index in [1.807, 2.05) is 0 Å². The minimum atomic E-state index is -4.36. The standard InChI is InChI=1S/C17H18F3N3OS.ClH/c1-9(21)15(24)23-16-22-14(11-5-6-11)13(25-16)8-10-3-2-4-12(7-10)17(18,19)20;/h2-4,7,9,11H,5-6,8,21H2,1H3,(H,22,23,24);1H/t9-;/m0./s1. The quantitative estimate of drug-likeness (QED) is 0.777. The van der Waals surface area contributed by atoms with Crippen molar-refractivity contribution in [3.05, 3.63) is 46.0 Å². The fourth-order valence-corrected chi connectivity index (χ4v) is 3.57. The number of alkyl halides is 3. The normalized spacial score (nSPS) is 15.3. The van der Waals surface area contributed by atoms with E-state index >= 15 is 0 Å². The summed E-state index contributed by atoms with van der Waals surface area (Å²) in [6, 6.07) is 4.66. The van der Waals surface area contributed by atoms with Crippen LogP contribution in [0.3, 0.4) is 0 Å². The number of carbonyl (C=O) groups is 1. The first-order chi connectivity index (χ1) is 11.7. The Kier molecular flexibility index (Phi) is 6.31. The zero-order valence-electron chi connectivity index (χ0n) is 14.0. The van der Waals surface area contributed by atoms with Crippen LogP contribution in [-0.2, 0) is 17.4 Å². The van der Waals surface area contributed by atoms with Gasteiger partial charge in [0.05, 0.1) is 17.3 Å². The summed E-state index contributed by atoms with van der Waals surface area (Å²) in [4.78, 5) is 17.1. The summed E-state index contributed by atoms with van der Waals surface area (Å²) < 4.78 is 38.6. The Labute approximate surface area is 159 Å². The van der Waals surface area contributed by atoms with Crippen LogP contribution >= 0.6 is 23.7 Å². The highest BCUT2D eigenvalue weighted by molar-refractivity contribution is 7.15. The molecule has 26 heavy (non-hydrogen) atoms. The van der Waals surface area contributed by atoms with Gasteiger partial charge in [-0.1, -0.05) is 18.2 Å². The van der Waals surface area contributed by atoms with Gasteiger partial charge in [-0.2, -0.15) is 13.2 Å². The summed E-state index contributed by atoms with van der Waals surface area (Å²) in [6.45, 7) is 1.58. The molecule has 1 aliphatic rings. The molecule has 0 radical (unpaired) electrons. The van der Waals surface area contributed by atoms with Gasteiger partial charge in [0.15, 0.2) is 5.13 Å². The molecular formula is C17H19ClF3N3OS. The monoisotopic (exact) mass is 405 g/mol. The second-order valence-corrected chi connectivity index (χ2v) is 7.34. The molecule has 1 aromatic carbocycles. The van der Waals surface area contributed by atoms with E-state index < -0.39 is 17.8 Å². The van der Waals surface area contributed by atoms with E-state index in [4.69, 9.17) is 5.73 Å². The van der Waals surface area contributed by atoms with Crippen LogP contribution in [0.5, 0.6) is 0 Å². The molecule has 0 unspecified atom stereocenters. The van der Waals surface area contributed by atoms with Crippen molar-refractivity contribution in [3.8, 4) is 0 Å². The molecule has 1 saturated carbocycles. The van der Waals surface area contributed by atoms with Gasteiger partial charge in [-0.25, -0.2) is 4.98 Å². The highest BCUT2D eigenvalue weighted by Crippen LogP contribution is 2.44. The second kappa shape index (κ2) is 7.94. The topological polar surface area (TPSA) is 68.0 Å². The van der Waals surface area contributed by atoms with Crippen LogP contribution in [0, 0.1) is 0 Å². The van der Waals surface area contributed by atoms with Gasteiger partial charge in [-0.3, -0.25) is 4.79 Å². The number of nitrogens with two attached hydrogens (primary N) is 1. The summed E-state index contributed by atoms with van der Waals surface area (Å²) in [5.74, 6) is -0.000262. The van der Waals surface area contributed by atoms with Gasteiger partial charge >= 0.3 is 6.18 Å². The van der Waals surface area contributed by atoms with Crippen molar-refractivity contribution in [1.29, 1.82) is 0 Å². The van der Waals surface area contributed by atoms with Crippen molar-refractivity contribution in [2.75, 3.05) is 5.32 Å². The summed E-state index contributed by atoms with van der Waals surface area (Å²) in [7, 11) is 0. The maximum absolute atomic E-state index is 12.9. The molecule has 3 rings (SSSR count). The lowest BCUT2D eigenvalue weighted by atomic mass is 10.1. The molecule has 0 saturated heterocycles. The Morgan fingerprint density at radius 2 is 2.12 bits per heavy atom. The summed E-state index contributed by atoms with van der Waals surface area (Å²) in [5, 5.41) is 3.12. The van der Waals surface area contributed by atoms with E-state index in [1.54, 1.807) is 13.0 Å². The van der Waals surface area contributed by atoms with E-state index in [9.17, 15) is 18.0 Å². The molecule has 1 fully saturated rings. The lowest BCUT2D eigenvalue weighted by molar-refractivity contribution is -0.137. The number of thiazole rings is 1. The number of halogens is 4. The molecule has 1 heterocycles. The maximum Gasteiger partial charge on any atom is 0.416 e. The van der Waals surface area contributed by atoms with Gasteiger partial charge in [0.25, 0.3) is 0 Å². The molecule has 0 spiro atoms. The molecule has 9 heteroatoms. The molecule has 2 aromatic rings. The largest absolute Gasteiger partial charge is 0.416 e. The lowest BCUT2D eigenvalue weighted by Crippen LogP contribution is -2.32. The van der Waals surface area contributed by atoms with Gasteiger partial charge in [-0.15, -0.1) is 23.7 Å². The zero-order chi connectivity index (χ0) is 18.2. The Morgan fingerprint density at radius 3 is 2.69 bits per heavy atom. The zero-order valence-corrected chi connectivity index (χ0v) is 15.6. The molecule has 1 aromatic heterocycles. The number of hydrogen-bond acceptors (Lipinski definition) is 4. The smallest absolute Gasteiger partial charge is 0.320 e. The Morgan fingerprint density at radius 1 is 1.42 bits per heavy atom. The lowest BCUT2D eigenvalue weighted by Gasteiger charge is -2.08. The number of benzene rings is 1. The maximum atomic E-state index is 12.9. The van der Waals surface area contributed by atoms with Crippen molar-refractivity contribution < 1.29 is 18.0 Å². The fraction of sp³-hybridized carbons (Fsp3) is 0.412. The van der Waals surface area contributed by atoms with Crippen LogP contribution in [0.2, 0.25) is 0 Å². The van der Waals surface area contributed by atoms with Crippen LogP contribution in [0.4, 0.5) is 18.3 Å². The number of amides is 1. The van der Waals surface area contributed by atoms with Crippen molar-refractivity contribution >= 4 is 34.8 Å². The predicted octanol–water partition coefficient (Wildman–Crippen LogP) is 4.34. The Balaban J connectivity index is 0.00000243. The molecular weight excluding hydrogens is 387 g/mol. The van der Waals surface area contributed by atoms with Gasteiger partial charge in [-0.05, 0) is 31.4 Å². The van der Waals surface area contributed by atoms with E-state index in [2.05, 4.69) is 10.3 Å². The number of rotatable bonds is 5. The average Bonchev–Trinajstić information content (AvgIpc) is 3.30. The number of hydrogen-bond donors (Lipinski definition) is 2. The number of nitrogens with zero attached hydrogens (tertiary/aromatic N) is 1. The average molecular weight is 406 g/mol. The molecule has 1 aliphatic carbocycles. The van der Waals surface area contributed by atoms with Gasteiger partial charge in [0, 0.05) is 17.2 Å². The van der Waals surface area contributed by atoms with Gasteiger partial charge < -0.3 is 11.1 Å². The van der Waals surface area contributed by atoms with Crippen LogP contribution in [-0.4, -0.2) is 16.9 Å². The van der Waals surface area contributed by atoms with Crippen LogP contribution < -0.4 is 11.1 Å². The molecule has 0 aliphatic heterocycles. The van der Waals surface area contributed by atoms with Gasteiger partial charge in [0.1, 0.15) is 0 Å². The first-order valence-electron chi connectivity index (χ1n) is 7.96. The molecule has 1 atom stereocenters. The third kappa shape index (κ3) is 4.96. The number of aromatic nitrogens is 1. The summed E-state index contributed by atoms with van der Waals surface area (Å²) >= 11 is 1.30. The molecule has 142 valence electrons. The minimum Gasteiger partial charge on any atom is -0.320 e. The molecule has 3 N–H and O–H groups in total.